The van der Waals surface area contributed by atoms with Crippen LogP contribution in [0.2, 0.25) is 0 Å². The average molecular weight is 458 g/mol. The molecule has 3 aromatic rings. The summed E-state index contributed by atoms with van der Waals surface area (Å²) in [6, 6.07) is 16.9. The van der Waals surface area contributed by atoms with Gasteiger partial charge >= 0.3 is 6.03 Å². The Morgan fingerprint density at radius 2 is 1.82 bits per heavy atom. The number of Topliss-reactive ketones (excluding diaryl/α,β-unsaturated/α-hetero) is 1. The molecule has 1 N–H and O–H groups in total. The summed E-state index contributed by atoms with van der Waals surface area (Å²) >= 11 is 0. The van der Waals surface area contributed by atoms with Crippen molar-refractivity contribution in [1.82, 2.24) is 15.2 Å². The average Bonchev–Trinajstić information content (AvgIpc) is 2.89. The highest BCUT2D eigenvalue weighted by atomic mass is 16.2. The van der Waals surface area contributed by atoms with E-state index in [9.17, 15) is 9.59 Å². The number of unbranched alkanes of at least 4 members (excludes halogenated alkanes) is 1. The molecule has 5 heteroatoms. The zero-order valence-electron chi connectivity index (χ0n) is 20.3. The first kappa shape index (κ1) is 23.9. The Labute approximate surface area is 202 Å². The first-order valence-electron chi connectivity index (χ1n) is 12.6. The standard InChI is InChI=1S/C29H35N3O2/c1-3-5-15-30-29(34)32-16-13-22(14-17-32)23-11-12-27-25(19-23)24(18-21-9-7-6-8-10-21)26(20-31-27)28(33)4-2/h6-12,19-20,22H,3-5,13-18H2,1-2H3,(H,30,34). The van der Waals surface area contributed by atoms with Gasteiger partial charge in [-0.2, -0.15) is 0 Å². The molecule has 1 fully saturated rings. The predicted octanol–water partition coefficient (Wildman–Crippen LogP) is 6.11. The molecule has 2 amide bonds. The number of urea groups is 1. The van der Waals surface area contributed by atoms with Crippen LogP contribution >= 0.6 is 0 Å². The summed E-state index contributed by atoms with van der Waals surface area (Å²) in [5.74, 6) is 0.535. The number of amides is 2. The van der Waals surface area contributed by atoms with Crippen LogP contribution in [0.4, 0.5) is 4.79 Å². The first-order valence-corrected chi connectivity index (χ1v) is 12.6. The molecule has 1 saturated heterocycles. The highest BCUT2D eigenvalue weighted by molar-refractivity contribution is 6.01. The molecule has 0 bridgehead atoms. The Balaban J connectivity index is 1.58. The minimum atomic E-state index is 0.0579. The summed E-state index contributed by atoms with van der Waals surface area (Å²) in [4.78, 5) is 31.7. The summed E-state index contributed by atoms with van der Waals surface area (Å²) in [7, 11) is 0. The molecular formula is C29H35N3O2. The van der Waals surface area contributed by atoms with Gasteiger partial charge in [0.15, 0.2) is 5.78 Å². The monoisotopic (exact) mass is 457 g/mol. The van der Waals surface area contributed by atoms with Crippen LogP contribution in [0.3, 0.4) is 0 Å². The Morgan fingerprint density at radius 1 is 1.06 bits per heavy atom. The van der Waals surface area contributed by atoms with E-state index in [1.165, 1.54) is 11.1 Å². The van der Waals surface area contributed by atoms with Gasteiger partial charge in [0.1, 0.15) is 0 Å². The topological polar surface area (TPSA) is 62.3 Å². The van der Waals surface area contributed by atoms with Gasteiger partial charge in [-0.25, -0.2) is 4.79 Å². The fourth-order valence-electron chi connectivity index (χ4n) is 4.84. The number of pyridine rings is 1. The molecule has 0 unspecified atom stereocenters. The van der Waals surface area contributed by atoms with Gasteiger partial charge in [-0.3, -0.25) is 9.78 Å². The number of aromatic nitrogens is 1. The third-order valence-electron chi connectivity index (χ3n) is 6.91. The van der Waals surface area contributed by atoms with Crippen LogP contribution < -0.4 is 5.32 Å². The molecule has 0 aliphatic carbocycles. The highest BCUT2D eigenvalue weighted by Crippen LogP contribution is 2.32. The van der Waals surface area contributed by atoms with E-state index in [4.69, 9.17) is 0 Å². The van der Waals surface area contributed by atoms with Crippen molar-refractivity contribution in [2.75, 3.05) is 19.6 Å². The Bertz CT molecular complexity index is 1130. The minimum Gasteiger partial charge on any atom is -0.338 e. The number of fused-ring (bicyclic) bond motifs is 1. The lowest BCUT2D eigenvalue weighted by Crippen LogP contribution is -2.44. The van der Waals surface area contributed by atoms with E-state index in [0.717, 1.165) is 67.3 Å². The van der Waals surface area contributed by atoms with Gasteiger partial charge in [0.25, 0.3) is 0 Å². The number of benzene rings is 2. The Hall–Kier alpha value is -3.21. The lowest BCUT2D eigenvalue weighted by Gasteiger charge is -2.32. The first-order chi connectivity index (χ1) is 16.6. The van der Waals surface area contributed by atoms with Crippen molar-refractivity contribution in [3.63, 3.8) is 0 Å². The van der Waals surface area contributed by atoms with Gasteiger partial charge in [-0.05, 0) is 60.4 Å². The van der Waals surface area contributed by atoms with E-state index >= 15 is 0 Å². The molecule has 5 nitrogen and oxygen atoms in total. The number of hydrogen-bond donors (Lipinski definition) is 1. The van der Waals surface area contributed by atoms with E-state index in [-0.39, 0.29) is 11.8 Å². The number of likely N-dealkylation sites (tertiary alicyclic amines) is 1. The molecule has 0 radical (unpaired) electrons. The van der Waals surface area contributed by atoms with Crippen molar-refractivity contribution in [2.24, 2.45) is 0 Å². The summed E-state index contributed by atoms with van der Waals surface area (Å²) in [5.41, 5.74) is 5.19. The second-order valence-electron chi connectivity index (χ2n) is 9.21. The molecule has 2 aromatic carbocycles. The van der Waals surface area contributed by atoms with Crippen LogP contribution in [-0.2, 0) is 6.42 Å². The van der Waals surface area contributed by atoms with Crippen molar-refractivity contribution in [3.05, 3.63) is 77.0 Å². The van der Waals surface area contributed by atoms with Crippen LogP contribution in [0.25, 0.3) is 10.9 Å². The van der Waals surface area contributed by atoms with Crippen LogP contribution in [0.15, 0.2) is 54.7 Å². The number of hydrogen-bond acceptors (Lipinski definition) is 3. The highest BCUT2D eigenvalue weighted by Gasteiger charge is 2.24. The lowest BCUT2D eigenvalue weighted by molar-refractivity contribution is 0.0987. The zero-order valence-corrected chi connectivity index (χ0v) is 20.3. The summed E-state index contributed by atoms with van der Waals surface area (Å²) < 4.78 is 0. The van der Waals surface area contributed by atoms with Crippen LogP contribution in [0.1, 0.15) is 78.9 Å². The van der Waals surface area contributed by atoms with E-state index in [0.29, 0.717) is 18.8 Å². The molecular weight excluding hydrogens is 422 g/mol. The molecule has 1 aliphatic heterocycles. The number of nitrogens with one attached hydrogen (secondary N) is 1. The largest absolute Gasteiger partial charge is 0.338 e. The van der Waals surface area contributed by atoms with Gasteiger partial charge in [0, 0.05) is 43.2 Å². The number of carbonyl (C=O) groups is 2. The smallest absolute Gasteiger partial charge is 0.317 e. The second kappa shape index (κ2) is 11.3. The Morgan fingerprint density at radius 3 is 2.53 bits per heavy atom. The molecule has 4 rings (SSSR count). The molecule has 2 heterocycles. The Kier molecular flexibility index (Phi) is 7.94. The molecule has 1 aromatic heterocycles. The van der Waals surface area contributed by atoms with Crippen LogP contribution in [0, 0.1) is 0 Å². The molecule has 1 aliphatic rings. The summed E-state index contributed by atoms with van der Waals surface area (Å²) in [6.07, 6.45) is 6.91. The van der Waals surface area contributed by atoms with Gasteiger partial charge in [0.05, 0.1) is 5.52 Å². The number of nitrogens with zero attached hydrogens (tertiary/aromatic N) is 2. The fraction of sp³-hybridized carbons (Fsp3) is 0.414. The van der Waals surface area contributed by atoms with E-state index in [2.05, 4.69) is 47.6 Å². The van der Waals surface area contributed by atoms with Crippen molar-refractivity contribution < 1.29 is 9.59 Å². The van der Waals surface area contributed by atoms with Gasteiger partial charge < -0.3 is 10.2 Å². The third kappa shape index (κ3) is 5.46. The van der Waals surface area contributed by atoms with Gasteiger partial charge in [0.2, 0.25) is 0 Å². The molecule has 178 valence electrons. The van der Waals surface area contributed by atoms with Gasteiger partial charge in [-0.1, -0.05) is 56.7 Å². The maximum atomic E-state index is 12.8. The normalized spacial score (nSPS) is 14.4. The SMILES string of the molecule is CCCCNC(=O)N1CCC(c2ccc3ncc(C(=O)CC)c(Cc4ccccc4)c3c2)CC1. The maximum absolute atomic E-state index is 12.8. The van der Waals surface area contributed by atoms with Crippen molar-refractivity contribution in [1.29, 1.82) is 0 Å². The summed E-state index contributed by atoms with van der Waals surface area (Å²) in [5, 5.41) is 4.10. The van der Waals surface area contributed by atoms with Crippen LogP contribution in [-0.4, -0.2) is 41.3 Å². The maximum Gasteiger partial charge on any atom is 0.317 e. The van der Waals surface area contributed by atoms with Crippen molar-refractivity contribution >= 4 is 22.7 Å². The lowest BCUT2D eigenvalue weighted by atomic mass is 9.87. The van der Waals surface area contributed by atoms with Crippen molar-refractivity contribution in [3.8, 4) is 0 Å². The quantitative estimate of drug-likeness (QED) is 0.328. The zero-order chi connectivity index (χ0) is 23.9. The van der Waals surface area contributed by atoms with E-state index in [1.54, 1.807) is 6.20 Å². The molecule has 0 spiro atoms. The summed E-state index contributed by atoms with van der Waals surface area (Å²) in [6.45, 7) is 6.31. The van der Waals surface area contributed by atoms with E-state index < -0.39 is 0 Å². The third-order valence-corrected chi connectivity index (χ3v) is 6.91. The molecule has 0 saturated carbocycles. The minimum absolute atomic E-state index is 0.0579. The predicted molar refractivity (Wildman–Crippen MR) is 137 cm³/mol. The number of carbonyl (C=O) groups excluding carboxylic acids is 2. The molecule has 0 atom stereocenters. The molecule has 34 heavy (non-hydrogen) atoms. The number of rotatable bonds is 8. The van der Waals surface area contributed by atoms with E-state index in [1.807, 2.05) is 30.0 Å². The van der Waals surface area contributed by atoms with Crippen LogP contribution in [0.5, 0.6) is 0 Å². The number of ketones is 1. The van der Waals surface area contributed by atoms with Gasteiger partial charge in [-0.15, -0.1) is 0 Å². The second-order valence-corrected chi connectivity index (χ2v) is 9.21. The fourth-order valence-corrected chi connectivity index (χ4v) is 4.84. The van der Waals surface area contributed by atoms with Crippen molar-refractivity contribution in [2.45, 2.75) is 58.3 Å². The number of piperidine rings is 1.